The highest BCUT2D eigenvalue weighted by atomic mass is 79.9. The zero-order valence-corrected chi connectivity index (χ0v) is 8.47. The van der Waals surface area contributed by atoms with Crippen LogP contribution in [0.1, 0.15) is 20.8 Å². The predicted molar refractivity (Wildman–Crippen MR) is 47.8 cm³/mol. The minimum atomic E-state index is -0.370. The molecule has 0 bridgehead atoms. The quantitative estimate of drug-likeness (QED) is 0.655. The van der Waals surface area contributed by atoms with Gasteiger partial charge in [0, 0.05) is 6.54 Å². The minimum Gasteiger partial charge on any atom is -0.313 e. The number of carbonyl (C=O) groups excluding carboxylic acids is 1. The van der Waals surface area contributed by atoms with Crippen molar-refractivity contribution in [1.82, 2.24) is 4.90 Å². The molecule has 1 aliphatic heterocycles. The molecule has 1 aliphatic rings. The number of hydrogen-bond acceptors (Lipinski definition) is 2. The van der Waals surface area contributed by atoms with Gasteiger partial charge in [-0.05, 0) is 36.7 Å². The SMILES string of the molecule is CCN1C(=O)C(Br)=NC1(C)C. The second kappa shape index (κ2) is 2.59. The molecule has 0 fully saturated rings. The normalized spacial score (nSPS) is 22.4. The van der Waals surface area contributed by atoms with Crippen LogP contribution < -0.4 is 0 Å². The minimum absolute atomic E-state index is 0.0162. The lowest BCUT2D eigenvalue weighted by Crippen LogP contribution is -2.41. The van der Waals surface area contributed by atoms with Crippen molar-refractivity contribution in [2.45, 2.75) is 26.4 Å². The molecule has 0 aromatic heterocycles. The van der Waals surface area contributed by atoms with Gasteiger partial charge in [0.1, 0.15) is 5.66 Å². The Balaban J connectivity index is 2.94. The van der Waals surface area contributed by atoms with Crippen molar-refractivity contribution in [2.75, 3.05) is 6.54 Å². The standard InChI is InChI=1S/C7H11BrN2O/c1-4-10-6(11)5(8)9-7(10,2)3/h4H2,1-3H3. The maximum Gasteiger partial charge on any atom is 0.281 e. The highest BCUT2D eigenvalue weighted by Gasteiger charge is 2.37. The second-order valence-corrected chi connectivity index (χ2v) is 3.70. The van der Waals surface area contributed by atoms with E-state index in [0.717, 1.165) is 0 Å². The van der Waals surface area contributed by atoms with Gasteiger partial charge < -0.3 is 4.90 Å². The van der Waals surface area contributed by atoms with Crippen LogP contribution in [0.25, 0.3) is 0 Å². The second-order valence-electron chi connectivity index (χ2n) is 2.95. The zero-order chi connectivity index (χ0) is 8.65. The van der Waals surface area contributed by atoms with Gasteiger partial charge in [-0.15, -0.1) is 0 Å². The maximum atomic E-state index is 11.3. The number of aliphatic imine (C=N–C) groups is 1. The van der Waals surface area contributed by atoms with Crippen LogP contribution in [0.4, 0.5) is 0 Å². The van der Waals surface area contributed by atoms with Gasteiger partial charge in [0.2, 0.25) is 0 Å². The van der Waals surface area contributed by atoms with E-state index in [-0.39, 0.29) is 11.6 Å². The molecule has 11 heavy (non-hydrogen) atoms. The fourth-order valence-corrected chi connectivity index (χ4v) is 1.89. The van der Waals surface area contributed by atoms with Crippen LogP contribution in [0.3, 0.4) is 0 Å². The van der Waals surface area contributed by atoms with Crippen LogP contribution in [-0.4, -0.2) is 27.6 Å². The van der Waals surface area contributed by atoms with Crippen LogP contribution >= 0.6 is 15.9 Å². The molecule has 0 spiro atoms. The molecule has 0 aromatic rings. The fraction of sp³-hybridized carbons (Fsp3) is 0.714. The van der Waals surface area contributed by atoms with E-state index in [1.807, 2.05) is 20.8 Å². The van der Waals surface area contributed by atoms with Crippen molar-refractivity contribution in [2.24, 2.45) is 4.99 Å². The zero-order valence-electron chi connectivity index (χ0n) is 6.89. The number of amides is 1. The van der Waals surface area contributed by atoms with Crippen molar-refractivity contribution < 1.29 is 4.79 Å². The van der Waals surface area contributed by atoms with Crippen molar-refractivity contribution >= 4 is 26.5 Å². The fourth-order valence-electron chi connectivity index (χ4n) is 1.24. The first-order valence-corrected chi connectivity index (χ1v) is 4.35. The molecular formula is C7H11BrN2O. The van der Waals surface area contributed by atoms with Gasteiger partial charge in [-0.3, -0.25) is 4.79 Å². The Hall–Kier alpha value is -0.380. The van der Waals surface area contributed by atoms with Crippen molar-refractivity contribution in [3.63, 3.8) is 0 Å². The number of halogens is 1. The van der Waals surface area contributed by atoms with Gasteiger partial charge >= 0.3 is 0 Å². The first-order chi connectivity index (χ1) is 4.99. The molecule has 0 radical (unpaired) electrons. The average molecular weight is 219 g/mol. The van der Waals surface area contributed by atoms with Gasteiger partial charge in [0.25, 0.3) is 5.91 Å². The highest BCUT2D eigenvalue weighted by molar-refractivity contribution is 9.19. The molecule has 0 saturated heterocycles. The van der Waals surface area contributed by atoms with Crippen molar-refractivity contribution in [1.29, 1.82) is 0 Å². The molecule has 0 unspecified atom stereocenters. The van der Waals surface area contributed by atoms with Crippen molar-refractivity contribution in [3.05, 3.63) is 0 Å². The molecule has 3 nitrogen and oxygen atoms in total. The van der Waals surface area contributed by atoms with Crippen LogP contribution in [0.15, 0.2) is 4.99 Å². The summed E-state index contributed by atoms with van der Waals surface area (Å²) >= 11 is 3.12. The Morgan fingerprint density at radius 3 is 2.36 bits per heavy atom. The molecular weight excluding hydrogens is 208 g/mol. The van der Waals surface area contributed by atoms with Gasteiger partial charge in [0.05, 0.1) is 0 Å². The summed E-state index contributed by atoms with van der Waals surface area (Å²) in [5.41, 5.74) is -0.370. The van der Waals surface area contributed by atoms with E-state index >= 15 is 0 Å². The lowest BCUT2D eigenvalue weighted by Gasteiger charge is -2.27. The third-order valence-corrected chi connectivity index (χ3v) is 2.29. The van der Waals surface area contributed by atoms with Crippen molar-refractivity contribution in [3.8, 4) is 0 Å². The van der Waals surface area contributed by atoms with E-state index in [1.54, 1.807) is 4.90 Å². The number of carbonyl (C=O) groups is 1. The average Bonchev–Trinajstić information content (AvgIpc) is 2.03. The van der Waals surface area contributed by atoms with Crippen LogP contribution in [-0.2, 0) is 4.79 Å². The molecule has 4 heteroatoms. The maximum absolute atomic E-state index is 11.3. The van der Waals surface area contributed by atoms with E-state index in [9.17, 15) is 4.79 Å². The monoisotopic (exact) mass is 218 g/mol. The summed E-state index contributed by atoms with van der Waals surface area (Å²) in [7, 11) is 0. The van der Waals surface area contributed by atoms with Crippen LogP contribution in [0.5, 0.6) is 0 Å². The Bertz CT molecular complexity index is 222. The summed E-state index contributed by atoms with van der Waals surface area (Å²) < 4.78 is 0.435. The molecule has 1 heterocycles. The smallest absolute Gasteiger partial charge is 0.281 e. The summed E-state index contributed by atoms with van der Waals surface area (Å²) in [5, 5.41) is 0. The first-order valence-electron chi connectivity index (χ1n) is 3.56. The molecule has 0 saturated carbocycles. The van der Waals surface area contributed by atoms with E-state index in [0.29, 0.717) is 11.2 Å². The first kappa shape index (κ1) is 8.71. The summed E-state index contributed by atoms with van der Waals surface area (Å²) in [6, 6.07) is 0. The van der Waals surface area contributed by atoms with E-state index in [1.165, 1.54) is 0 Å². The third kappa shape index (κ3) is 1.31. The largest absolute Gasteiger partial charge is 0.313 e. The highest BCUT2D eigenvalue weighted by Crippen LogP contribution is 2.24. The molecule has 0 aliphatic carbocycles. The lowest BCUT2D eigenvalue weighted by atomic mass is 10.2. The Morgan fingerprint density at radius 1 is 1.64 bits per heavy atom. The molecule has 62 valence electrons. The van der Waals surface area contributed by atoms with Crippen LogP contribution in [0, 0.1) is 0 Å². The van der Waals surface area contributed by atoms with Crippen LogP contribution in [0.2, 0.25) is 0 Å². The summed E-state index contributed by atoms with van der Waals surface area (Å²) in [6.07, 6.45) is 0. The third-order valence-electron chi connectivity index (χ3n) is 1.77. The van der Waals surface area contributed by atoms with Gasteiger partial charge in [0.15, 0.2) is 4.62 Å². The Morgan fingerprint density at radius 2 is 2.18 bits per heavy atom. The summed E-state index contributed by atoms with van der Waals surface area (Å²) in [6.45, 7) is 6.48. The molecule has 0 N–H and O–H groups in total. The summed E-state index contributed by atoms with van der Waals surface area (Å²) in [4.78, 5) is 17.2. The van der Waals surface area contributed by atoms with Gasteiger partial charge in [-0.1, -0.05) is 0 Å². The lowest BCUT2D eigenvalue weighted by molar-refractivity contribution is -0.126. The van der Waals surface area contributed by atoms with Gasteiger partial charge in [-0.25, -0.2) is 4.99 Å². The molecule has 1 rings (SSSR count). The van der Waals surface area contributed by atoms with E-state index in [2.05, 4.69) is 20.9 Å². The Labute approximate surface area is 74.6 Å². The molecule has 0 aromatic carbocycles. The molecule has 1 amide bonds. The topological polar surface area (TPSA) is 32.7 Å². The summed E-state index contributed by atoms with van der Waals surface area (Å²) in [5.74, 6) is -0.0162. The van der Waals surface area contributed by atoms with Gasteiger partial charge in [-0.2, -0.15) is 0 Å². The predicted octanol–water partition coefficient (Wildman–Crippen LogP) is 1.38. The Kier molecular flexibility index (Phi) is 2.05. The molecule has 0 atom stereocenters. The number of nitrogens with zero attached hydrogens (tertiary/aromatic N) is 2. The number of rotatable bonds is 1. The number of hydrogen-bond donors (Lipinski definition) is 0. The van der Waals surface area contributed by atoms with E-state index in [4.69, 9.17) is 0 Å². The van der Waals surface area contributed by atoms with E-state index < -0.39 is 0 Å².